The summed E-state index contributed by atoms with van der Waals surface area (Å²) < 4.78 is 0. The van der Waals surface area contributed by atoms with Crippen LogP contribution < -0.4 is 10.6 Å². The molecule has 192 valence electrons. The molecule has 36 heavy (non-hydrogen) atoms. The molecule has 0 spiro atoms. The van der Waals surface area contributed by atoms with Gasteiger partial charge in [-0.2, -0.15) is 0 Å². The van der Waals surface area contributed by atoms with E-state index < -0.39 is 77.0 Å². The number of fused-ring (bicyclic) bond motifs is 2. The monoisotopic (exact) mass is 538 g/mol. The van der Waals surface area contributed by atoms with Gasteiger partial charge in [-0.25, -0.2) is 9.59 Å². The second-order valence-electron chi connectivity index (χ2n) is 8.67. The van der Waals surface area contributed by atoms with Gasteiger partial charge < -0.3 is 20.8 Å². The Morgan fingerprint density at radius 3 is 1.47 bits per heavy atom. The zero-order chi connectivity index (χ0) is 26.5. The molecule has 4 aliphatic heterocycles. The number of β-lactam (4-membered cyclic amide) rings is 2. The lowest BCUT2D eigenvalue weighted by atomic mass is 10.0. The summed E-state index contributed by atoms with van der Waals surface area (Å²) in [5, 5.41) is 22.4. The molecule has 13 nitrogen and oxygen atoms in total. The maximum atomic E-state index is 12.4. The molecule has 0 saturated carbocycles. The highest BCUT2D eigenvalue weighted by molar-refractivity contribution is 8.00. The van der Waals surface area contributed by atoms with Gasteiger partial charge in [0.25, 0.3) is 11.8 Å². The number of nitrogens with one attached hydrogen (secondary N) is 2. The van der Waals surface area contributed by atoms with Crippen LogP contribution >= 0.6 is 23.5 Å². The van der Waals surface area contributed by atoms with E-state index in [0.29, 0.717) is 22.7 Å². The summed E-state index contributed by atoms with van der Waals surface area (Å²) in [6.07, 6.45) is -1.35. The number of carbonyl (C=O) groups excluding carboxylic acids is 5. The van der Waals surface area contributed by atoms with Crippen LogP contribution in [0.5, 0.6) is 0 Å². The maximum Gasteiger partial charge on any atom is 0.352 e. The number of rotatable bonds is 8. The summed E-state index contributed by atoms with van der Waals surface area (Å²) in [7, 11) is 0. The van der Waals surface area contributed by atoms with Gasteiger partial charge in [-0.3, -0.25) is 33.8 Å². The molecule has 4 amide bonds. The van der Waals surface area contributed by atoms with Crippen LogP contribution in [0.2, 0.25) is 0 Å². The first-order chi connectivity index (χ1) is 16.9. The molecule has 4 rings (SSSR count). The molecule has 2 fully saturated rings. The molecule has 15 heteroatoms. The number of carboxylic acids is 2. The number of ketones is 1. The number of nitrogens with zero attached hydrogens (tertiary/aromatic N) is 2. The molecular formula is C21H22N4O9S2. The Balaban J connectivity index is 1.26. The minimum absolute atomic E-state index is 0.108. The minimum Gasteiger partial charge on any atom is -0.477 e. The number of thioether (sulfide) groups is 2. The fourth-order valence-electron chi connectivity index (χ4n) is 4.42. The van der Waals surface area contributed by atoms with Crippen LogP contribution in [0, 0.1) is 0 Å². The first-order valence-electron chi connectivity index (χ1n) is 10.8. The van der Waals surface area contributed by atoms with E-state index >= 15 is 0 Å². The fourth-order valence-corrected chi connectivity index (χ4v) is 7.01. The molecular weight excluding hydrogens is 516 g/mol. The van der Waals surface area contributed by atoms with Crippen molar-refractivity contribution >= 4 is 64.9 Å². The SMILES string of the molecule is CC1=C(C(=O)O)N2C(=O)[C@@H](NC(=O)CC(=O)CC(=O)N[C@@H]3C(=O)N4C(C(=O)O)=C(C)CS[C@H]34)[C@H]2SC1. The van der Waals surface area contributed by atoms with Crippen molar-refractivity contribution in [2.45, 2.75) is 49.5 Å². The molecule has 0 unspecified atom stereocenters. The lowest BCUT2D eigenvalue weighted by molar-refractivity contribution is -0.151. The van der Waals surface area contributed by atoms with Gasteiger partial charge in [0.2, 0.25) is 11.8 Å². The number of aliphatic carboxylic acids is 2. The number of hydrogen-bond donors (Lipinski definition) is 4. The van der Waals surface area contributed by atoms with Gasteiger partial charge in [0.1, 0.15) is 34.2 Å². The first kappa shape index (κ1) is 25.8. The molecule has 4 N–H and O–H groups in total. The van der Waals surface area contributed by atoms with Crippen molar-refractivity contribution in [3.05, 3.63) is 22.5 Å². The van der Waals surface area contributed by atoms with Crippen LogP contribution in [0.3, 0.4) is 0 Å². The summed E-state index contributed by atoms with van der Waals surface area (Å²) in [5.74, 6) is -5.21. The van der Waals surface area contributed by atoms with E-state index in [1.54, 1.807) is 13.8 Å². The molecule has 2 saturated heterocycles. The van der Waals surface area contributed by atoms with Gasteiger partial charge in [-0.15, -0.1) is 23.5 Å². The van der Waals surface area contributed by atoms with E-state index in [1.807, 2.05) is 0 Å². The molecule has 4 atom stereocenters. The first-order valence-corrected chi connectivity index (χ1v) is 12.9. The number of carboxylic acid groups (broad SMARTS) is 2. The van der Waals surface area contributed by atoms with Crippen molar-refractivity contribution in [3.8, 4) is 0 Å². The lowest BCUT2D eigenvalue weighted by Gasteiger charge is -2.49. The van der Waals surface area contributed by atoms with E-state index in [0.717, 1.165) is 9.80 Å². The molecule has 4 heterocycles. The largest absolute Gasteiger partial charge is 0.477 e. The van der Waals surface area contributed by atoms with Gasteiger partial charge in [-0.1, -0.05) is 0 Å². The lowest BCUT2D eigenvalue weighted by Crippen LogP contribution is -2.70. The third-order valence-corrected chi connectivity index (χ3v) is 8.92. The predicted molar refractivity (Wildman–Crippen MR) is 125 cm³/mol. The second-order valence-corrected chi connectivity index (χ2v) is 10.9. The Morgan fingerprint density at radius 2 is 1.14 bits per heavy atom. The fraction of sp³-hybridized carbons (Fsp3) is 0.476. The van der Waals surface area contributed by atoms with Gasteiger partial charge in [0, 0.05) is 11.5 Å². The Labute approximate surface area is 212 Å². The Kier molecular flexibility index (Phi) is 6.88. The van der Waals surface area contributed by atoms with E-state index in [2.05, 4.69) is 10.6 Å². The molecule has 4 aliphatic rings. The average Bonchev–Trinajstić information content (AvgIpc) is 2.80. The van der Waals surface area contributed by atoms with Gasteiger partial charge in [0.05, 0.1) is 12.8 Å². The summed E-state index contributed by atoms with van der Waals surface area (Å²) in [6, 6.07) is -1.96. The van der Waals surface area contributed by atoms with E-state index in [9.17, 15) is 43.8 Å². The van der Waals surface area contributed by atoms with E-state index in [4.69, 9.17) is 0 Å². The van der Waals surface area contributed by atoms with Gasteiger partial charge in [-0.05, 0) is 25.0 Å². The number of Topliss-reactive ketones (excluding diaryl/α,β-unsaturated/α-hetero) is 1. The van der Waals surface area contributed by atoms with E-state index in [-0.39, 0.29) is 11.4 Å². The summed E-state index contributed by atoms with van der Waals surface area (Å²) in [4.78, 5) is 86.8. The molecule has 0 aromatic rings. The zero-order valence-electron chi connectivity index (χ0n) is 19.1. The van der Waals surface area contributed by atoms with Crippen molar-refractivity contribution in [3.63, 3.8) is 0 Å². The normalized spacial score (nSPS) is 26.9. The smallest absolute Gasteiger partial charge is 0.352 e. The van der Waals surface area contributed by atoms with E-state index in [1.165, 1.54) is 23.5 Å². The quantitative estimate of drug-likeness (QED) is 0.216. The molecule has 0 bridgehead atoms. The van der Waals surface area contributed by atoms with Crippen LogP contribution in [0.1, 0.15) is 26.7 Å². The molecule has 0 aromatic carbocycles. The predicted octanol–water partition coefficient (Wildman–Crippen LogP) is -1.15. The zero-order valence-corrected chi connectivity index (χ0v) is 20.7. The highest BCUT2D eigenvalue weighted by Gasteiger charge is 2.55. The van der Waals surface area contributed by atoms with Crippen LogP contribution in [-0.2, 0) is 33.6 Å². The Bertz CT molecular complexity index is 1090. The average molecular weight is 539 g/mol. The molecule has 0 aromatic heterocycles. The van der Waals surface area contributed by atoms with Gasteiger partial charge >= 0.3 is 11.9 Å². The number of hydrogen-bond acceptors (Lipinski definition) is 9. The van der Waals surface area contributed by atoms with Crippen LogP contribution in [0.15, 0.2) is 22.5 Å². The summed E-state index contributed by atoms with van der Waals surface area (Å²) in [6.45, 7) is 3.22. The highest BCUT2D eigenvalue weighted by atomic mass is 32.2. The number of carbonyl (C=O) groups is 7. The third-order valence-electron chi connectivity index (χ3n) is 6.07. The van der Waals surface area contributed by atoms with Crippen molar-refractivity contribution in [2.24, 2.45) is 0 Å². The topological polar surface area (TPSA) is 190 Å². The molecule has 0 aliphatic carbocycles. The standard InChI is InChI=1S/C21H22N4O9S2/c1-7-5-35-18-12(16(29)24(18)14(7)20(31)32)22-10(27)3-9(26)4-11(28)23-13-17(30)25-15(21(33)34)8(2)6-36-19(13)25/h12-13,18-19H,3-6H2,1-2H3,(H,22,27)(H,23,28)(H,31,32)(H,33,34)/t12-,13-,18-,19-/m1/s1. The Morgan fingerprint density at radius 1 is 0.778 bits per heavy atom. The Hall–Kier alpha value is -3.33. The third kappa shape index (κ3) is 4.36. The van der Waals surface area contributed by atoms with Crippen LogP contribution in [-0.4, -0.2) is 95.7 Å². The highest BCUT2D eigenvalue weighted by Crippen LogP contribution is 2.41. The second kappa shape index (κ2) is 9.61. The van der Waals surface area contributed by atoms with Crippen molar-refractivity contribution in [1.82, 2.24) is 20.4 Å². The maximum absolute atomic E-state index is 12.4. The summed E-state index contributed by atoms with van der Waals surface area (Å²) in [5.41, 5.74) is 0.855. The minimum atomic E-state index is -1.23. The van der Waals surface area contributed by atoms with Gasteiger partial charge in [0.15, 0.2) is 5.78 Å². The number of amides is 4. The van der Waals surface area contributed by atoms with Crippen molar-refractivity contribution in [1.29, 1.82) is 0 Å². The van der Waals surface area contributed by atoms with Crippen molar-refractivity contribution < 1.29 is 43.8 Å². The van der Waals surface area contributed by atoms with Crippen molar-refractivity contribution in [2.75, 3.05) is 11.5 Å². The van der Waals surface area contributed by atoms with Crippen LogP contribution in [0.4, 0.5) is 0 Å². The summed E-state index contributed by atoms with van der Waals surface area (Å²) >= 11 is 2.59. The molecule has 0 radical (unpaired) electrons. The van der Waals surface area contributed by atoms with Crippen LogP contribution in [0.25, 0.3) is 0 Å².